The normalized spacial score (nSPS) is 14.4. The highest BCUT2D eigenvalue weighted by atomic mass is 16.5. The van der Waals surface area contributed by atoms with E-state index in [0.717, 1.165) is 5.69 Å². The number of rotatable bonds is 6. The van der Waals surface area contributed by atoms with Crippen molar-refractivity contribution in [2.45, 2.75) is 33.3 Å². The lowest BCUT2D eigenvalue weighted by molar-refractivity contribution is 0.0965. The second-order valence-electron chi connectivity index (χ2n) is 4.85. The minimum Gasteiger partial charge on any atom is -0.493 e. The number of pyridine rings is 1. The maximum atomic E-state index is 9.83. The maximum absolute atomic E-state index is 9.83. The molecule has 0 saturated heterocycles. The molecular weight excluding hydrogens is 230 g/mol. The van der Waals surface area contributed by atoms with Crippen LogP contribution in [0.1, 0.15) is 26.5 Å². The topological polar surface area (TPSA) is 51.6 Å². The number of ether oxygens (including phenoxy) is 2. The molecule has 1 aromatic heterocycles. The van der Waals surface area contributed by atoms with Crippen LogP contribution in [0.15, 0.2) is 12.3 Å². The first-order chi connectivity index (χ1) is 8.51. The van der Waals surface area contributed by atoms with Gasteiger partial charge in [0, 0.05) is 12.3 Å². The number of methoxy groups -OCH3 is 2. The molecule has 0 saturated carbocycles. The molecule has 4 heteroatoms. The van der Waals surface area contributed by atoms with Gasteiger partial charge in [0.25, 0.3) is 0 Å². The third-order valence-electron chi connectivity index (χ3n) is 3.27. The van der Waals surface area contributed by atoms with Crippen molar-refractivity contribution < 1.29 is 14.6 Å². The minimum absolute atomic E-state index is 0.151. The summed E-state index contributed by atoms with van der Waals surface area (Å²) in [6.45, 7) is 6.02. The van der Waals surface area contributed by atoms with E-state index in [1.807, 2.05) is 6.92 Å². The van der Waals surface area contributed by atoms with Crippen LogP contribution in [-0.2, 0) is 6.42 Å². The fraction of sp³-hybridized carbons (Fsp3) is 0.643. The first kappa shape index (κ1) is 14.8. The Labute approximate surface area is 109 Å². The number of aliphatic hydroxyl groups is 1. The molecule has 18 heavy (non-hydrogen) atoms. The van der Waals surface area contributed by atoms with E-state index in [-0.39, 0.29) is 12.0 Å². The summed E-state index contributed by atoms with van der Waals surface area (Å²) in [5.41, 5.74) is 0.830. The zero-order chi connectivity index (χ0) is 13.7. The van der Waals surface area contributed by atoms with E-state index < -0.39 is 0 Å². The maximum Gasteiger partial charge on any atom is 0.182 e. The van der Waals surface area contributed by atoms with Gasteiger partial charge < -0.3 is 14.6 Å². The summed E-state index contributed by atoms with van der Waals surface area (Å²) in [5.74, 6) is 1.86. The summed E-state index contributed by atoms with van der Waals surface area (Å²) < 4.78 is 10.6. The molecule has 1 aromatic rings. The van der Waals surface area contributed by atoms with Gasteiger partial charge in [0.15, 0.2) is 11.5 Å². The van der Waals surface area contributed by atoms with E-state index in [9.17, 15) is 5.11 Å². The van der Waals surface area contributed by atoms with Crippen LogP contribution in [0.5, 0.6) is 11.5 Å². The molecule has 0 aliphatic heterocycles. The molecule has 1 heterocycles. The summed E-state index contributed by atoms with van der Waals surface area (Å²) in [6.07, 6.45) is 2.01. The summed E-state index contributed by atoms with van der Waals surface area (Å²) in [5, 5.41) is 9.83. The molecule has 0 spiro atoms. The van der Waals surface area contributed by atoms with Gasteiger partial charge in [-0.3, -0.25) is 4.98 Å². The van der Waals surface area contributed by atoms with Crippen LogP contribution in [0.4, 0.5) is 0 Å². The molecule has 0 aliphatic rings. The molecule has 0 radical (unpaired) electrons. The van der Waals surface area contributed by atoms with Crippen LogP contribution in [-0.4, -0.2) is 30.4 Å². The van der Waals surface area contributed by atoms with Crippen molar-refractivity contribution in [2.75, 3.05) is 14.2 Å². The van der Waals surface area contributed by atoms with Crippen molar-refractivity contribution in [2.24, 2.45) is 11.8 Å². The van der Waals surface area contributed by atoms with Gasteiger partial charge in [0.05, 0.1) is 26.0 Å². The third kappa shape index (κ3) is 3.35. The molecule has 2 unspecified atom stereocenters. The Morgan fingerprint density at radius 3 is 2.33 bits per heavy atom. The zero-order valence-corrected chi connectivity index (χ0v) is 11.8. The average Bonchev–Trinajstić information content (AvgIpc) is 2.34. The van der Waals surface area contributed by atoms with Crippen LogP contribution in [0.25, 0.3) is 0 Å². The average molecular weight is 253 g/mol. The molecular formula is C14H23NO3. The second kappa shape index (κ2) is 6.59. The highest BCUT2D eigenvalue weighted by Gasteiger charge is 2.23. The summed E-state index contributed by atoms with van der Waals surface area (Å²) in [6, 6.07) is 1.77. The van der Waals surface area contributed by atoms with Gasteiger partial charge in [-0.2, -0.15) is 0 Å². The molecule has 0 bridgehead atoms. The van der Waals surface area contributed by atoms with E-state index in [4.69, 9.17) is 9.47 Å². The summed E-state index contributed by atoms with van der Waals surface area (Å²) >= 11 is 0. The van der Waals surface area contributed by atoms with E-state index in [1.54, 1.807) is 26.5 Å². The van der Waals surface area contributed by atoms with Gasteiger partial charge in [-0.05, 0) is 25.2 Å². The SMILES string of the molecule is COc1ccnc(CC(C(C)C)C(C)O)c1OC. The van der Waals surface area contributed by atoms with Gasteiger partial charge in [0.2, 0.25) is 0 Å². The van der Waals surface area contributed by atoms with Gasteiger partial charge >= 0.3 is 0 Å². The lowest BCUT2D eigenvalue weighted by Gasteiger charge is -2.24. The highest BCUT2D eigenvalue weighted by molar-refractivity contribution is 5.42. The van der Waals surface area contributed by atoms with Crippen molar-refractivity contribution in [1.29, 1.82) is 0 Å². The van der Waals surface area contributed by atoms with E-state index >= 15 is 0 Å². The summed E-state index contributed by atoms with van der Waals surface area (Å²) in [7, 11) is 3.21. The van der Waals surface area contributed by atoms with Crippen molar-refractivity contribution in [3.63, 3.8) is 0 Å². The van der Waals surface area contributed by atoms with Crippen LogP contribution in [0, 0.1) is 11.8 Å². The second-order valence-corrected chi connectivity index (χ2v) is 4.85. The first-order valence-corrected chi connectivity index (χ1v) is 6.25. The Hall–Kier alpha value is -1.29. The lowest BCUT2D eigenvalue weighted by Crippen LogP contribution is -2.25. The third-order valence-corrected chi connectivity index (χ3v) is 3.27. The molecule has 4 nitrogen and oxygen atoms in total. The van der Waals surface area contributed by atoms with E-state index in [2.05, 4.69) is 18.8 Å². The number of aromatic nitrogens is 1. The van der Waals surface area contributed by atoms with Crippen LogP contribution < -0.4 is 9.47 Å². The van der Waals surface area contributed by atoms with Crippen molar-refractivity contribution >= 4 is 0 Å². The molecule has 1 N–H and O–H groups in total. The summed E-state index contributed by atoms with van der Waals surface area (Å²) in [4.78, 5) is 4.35. The molecule has 0 aromatic carbocycles. The molecule has 102 valence electrons. The van der Waals surface area contributed by atoms with Crippen molar-refractivity contribution in [1.82, 2.24) is 4.98 Å². The minimum atomic E-state index is -0.372. The van der Waals surface area contributed by atoms with Crippen LogP contribution in [0.2, 0.25) is 0 Å². The standard InChI is InChI=1S/C14H23NO3/c1-9(2)11(10(3)16)8-12-14(18-5)13(17-4)6-7-15-12/h6-7,9-11,16H,8H2,1-5H3. The van der Waals surface area contributed by atoms with Gasteiger partial charge in [-0.1, -0.05) is 13.8 Å². The van der Waals surface area contributed by atoms with Crippen LogP contribution >= 0.6 is 0 Å². The predicted octanol–water partition coefficient (Wildman–Crippen LogP) is 2.29. The molecule has 0 amide bonds. The Bertz CT molecular complexity index is 369. The lowest BCUT2D eigenvalue weighted by atomic mass is 9.86. The Morgan fingerprint density at radius 2 is 1.89 bits per heavy atom. The molecule has 1 rings (SSSR count). The van der Waals surface area contributed by atoms with Gasteiger partial charge in [-0.25, -0.2) is 0 Å². The quantitative estimate of drug-likeness (QED) is 0.845. The van der Waals surface area contributed by atoms with Gasteiger partial charge in [0.1, 0.15) is 0 Å². The van der Waals surface area contributed by atoms with Crippen molar-refractivity contribution in [3.8, 4) is 11.5 Å². The zero-order valence-electron chi connectivity index (χ0n) is 11.8. The Morgan fingerprint density at radius 1 is 1.22 bits per heavy atom. The molecule has 0 fully saturated rings. The van der Waals surface area contributed by atoms with E-state index in [1.165, 1.54) is 0 Å². The largest absolute Gasteiger partial charge is 0.493 e. The number of aliphatic hydroxyl groups excluding tert-OH is 1. The van der Waals surface area contributed by atoms with E-state index in [0.29, 0.717) is 23.8 Å². The fourth-order valence-electron chi connectivity index (χ4n) is 2.18. The van der Waals surface area contributed by atoms with Gasteiger partial charge in [-0.15, -0.1) is 0 Å². The van der Waals surface area contributed by atoms with Crippen LogP contribution in [0.3, 0.4) is 0 Å². The molecule has 0 aliphatic carbocycles. The Kier molecular flexibility index (Phi) is 5.41. The number of hydrogen-bond donors (Lipinski definition) is 1. The number of nitrogens with zero attached hydrogens (tertiary/aromatic N) is 1. The molecule has 2 atom stereocenters. The Balaban J connectivity index is 3.02. The highest BCUT2D eigenvalue weighted by Crippen LogP contribution is 2.32. The smallest absolute Gasteiger partial charge is 0.182 e. The monoisotopic (exact) mass is 253 g/mol. The number of hydrogen-bond acceptors (Lipinski definition) is 4. The van der Waals surface area contributed by atoms with Crippen molar-refractivity contribution in [3.05, 3.63) is 18.0 Å². The fourth-order valence-corrected chi connectivity index (χ4v) is 2.18. The first-order valence-electron chi connectivity index (χ1n) is 6.25. The predicted molar refractivity (Wildman–Crippen MR) is 71.1 cm³/mol.